The summed E-state index contributed by atoms with van der Waals surface area (Å²) in [7, 11) is 1.68. The third-order valence-corrected chi connectivity index (χ3v) is 4.02. The highest BCUT2D eigenvalue weighted by Crippen LogP contribution is 2.20. The summed E-state index contributed by atoms with van der Waals surface area (Å²) in [5.74, 6) is 3.23. The third kappa shape index (κ3) is 5.87. The van der Waals surface area contributed by atoms with Gasteiger partial charge in [-0.15, -0.1) is 0 Å². The molecule has 2 N–H and O–H groups in total. The lowest BCUT2D eigenvalue weighted by Crippen LogP contribution is -2.07. The first kappa shape index (κ1) is 19.5. The Bertz CT molecular complexity index is 882. The fourth-order valence-electron chi connectivity index (χ4n) is 2.72. The van der Waals surface area contributed by atoms with E-state index in [1.54, 1.807) is 13.4 Å². The molecule has 0 aliphatic heterocycles. The maximum absolute atomic E-state index is 5.66. The number of methoxy groups -OCH3 is 1. The van der Waals surface area contributed by atoms with Gasteiger partial charge in [0.15, 0.2) is 0 Å². The smallest absolute Gasteiger partial charge is 0.135 e. The van der Waals surface area contributed by atoms with Gasteiger partial charge in [-0.25, -0.2) is 9.97 Å². The molecule has 0 saturated carbocycles. The second-order valence-corrected chi connectivity index (χ2v) is 6.63. The summed E-state index contributed by atoms with van der Waals surface area (Å²) >= 11 is 0. The quantitative estimate of drug-likeness (QED) is 0.564. The van der Waals surface area contributed by atoms with Crippen molar-refractivity contribution in [1.29, 1.82) is 0 Å². The zero-order valence-corrected chi connectivity index (χ0v) is 16.5. The lowest BCUT2D eigenvalue weighted by molar-refractivity contribution is 0.242. The minimum absolute atomic E-state index is 0.159. The Morgan fingerprint density at radius 1 is 0.929 bits per heavy atom. The fraction of sp³-hybridized carbons (Fsp3) is 0.273. The first-order chi connectivity index (χ1) is 13.6. The van der Waals surface area contributed by atoms with Gasteiger partial charge in [0.25, 0.3) is 0 Å². The Morgan fingerprint density at radius 2 is 1.71 bits per heavy atom. The average molecular weight is 378 g/mol. The Kier molecular flexibility index (Phi) is 6.68. The van der Waals surface area contributed by atoms with E-state index in [1.165, 1.54) is 5.56 Å². The molecule has 146 valence electrons. The van der Waals surface area contributed by atoms with Crippen LogP contribution < -0.4 is 20.1 Å². The molecular weight excluding hydrogens is 352 g/mol. The third-order valence-electron chi connectivity index (χ3n) is 4.02. The maximum Gasteiger partial charge on any atom is 0.135 e. The molecule has 0 bridgehead atoms. The molecule has 1 heterocycles. The van der Waals surface area contributed by atoms with E-state index in [0.29, 0.717) is 0 Å². The Hall–Kier alpha value is -3.28. The van der Waals surface area contributed by atoms with Gasteiger partial charge < -0.3 is 20.1 Å². The van der Waals surface area contributed by atoms with E-state index in [0.717, 1.165) is 41.8 Å². The molecule has 3 aromatic rings. The van der Waals surface area contributed by atoms with Gasteiger partial charge in [0.1, 0.15) is 29.5 Å². The molecule has 0 atom stereocenters. The van der Waals surface area contributed by atoms with Crippen LogP contribution in [0.5, 0.6) is 11.5 Å². The van der Waals surface area contributed by atoms with Crippen LogP contribution in [-0.2, 0) is 6.42 Å². The number of anilines is 3. The van der Waals surface area contributed by atoms with Crippen molar-refractivity contribution >= 4 is 17.3 Å². The molecule has 2 aromatic carbocycles. The van der Waals surface area contributed by atoms with E-state index < -0.39 is 0 Å². The van der Waals surface area contributed by atoms with Crippen LogP contribution in [0.4, 0.5) is 17.3 Å². The summed E-state index contributed by atoms with van der Waals surface area (Å²) in [5.41, 5.74) is 2.15. The van der Waals surface area contributed by atoms with Crippen molar-refractivity contribution in [1.82, 2.24) is 9.97 Å². The number of hydrogen-bond acceptors (Lipinski definition) is 6. The second-order valence-electron chi connectivity index (χ2n) is 6.63. The van der Waals surface area contributed by atoms with Gasteiger partial charge in [0.05, 0.1) is 13.2 Å². The summed E-state index contributed by atoms with van der Waals surface area (Å²) in [6.45, 7) is 4.79. The molecule has 1 aromatic heterocycles. The van der Waals surface area contributed by atoms with Crippen molar-refractivity contribution < 1.29 is 9.47 Å². The number of nitrogens with zero attached hydrogens (tertiary/aromatic N) is 2. The molecule has 0 radical (unpaired) electrons. The van der Waals surface area contributed by atoms with Crippen LogP contribution in [0.2, 0.25) is 0 Å². The van der Waals surface area contributed by atoms with E-state index in [1.807, 2.05) is 62.4 Å². The average Bonchev–Trinajstić information content (AvgIpc) is 2.70. The van der Waals surface area contributed by atoms with Gasteiger partial charge in [-0.2, -0.15) is 0 Å². The van der Waals surface area contributed by atoms with E-state index in [9.17, 15) is 0 Å². The van der Waals surface area contributed by atoms with Crippen LogP contribution in [0.3, 0.4) is 0 Å². The highest BCUT2D eigenvalue weighted by Gasteiger charge is 2.02. The van der Waals surface area contributed by atoms with Crippen molar-refractivity contribution in [2.45, 2.75) is 26.4 Å². The minimum Gasteiger partial charge on any atom is -0.497 e. The van der Waals surface area contributed by atoms with Crippen LogP contribution in [-0.4, -0.2) is 29.7 Å². The van der Waals surface area contributed by atoms with Crippen LogP contribution in [0.1, 0.15) is 19.4 Å². The molecule has 0 fully saturated rings. The molecule has 0 spiro atoms. The Morgan fingerprint density at radius 3 is 2.46 bits per heavy atom. The summed E-state index contributed by atoms with van der Waals surface area (Å²) in [6.07, 6.45) is 2.58. The molecule has 0 aliphatic rings. The lowest BCUT2D eigenvalue weighted by atomic mass is 10.1. The summed E-state index contributed by atoms with van der Waals surface area (Å²) in [4.78, 5) is 8.57. The first-order valence-corrected chi connectivity index (χ1v) is 9.35. The maximum atomic E-state index is 5.66. The lowest BCUT2D eigenvalue weighted by Gasteiger charge is -2.11. The predicted molar refractivity (Wildman–Crippen MR) is 113 cm³/mol. The Labute approximate surface area is 166 Å². The predicted octanol–water partition coefficient (Wildman–Crippen LogP) is 4.67. The van der Waals surface area contributed by atoms with Gasteiger partial charge in [-0.1, -0.05) is 12.1 Å². The molecule has 0 unspecified atom stereocenters. The minimum atomic E-state index is 0.159. The second kappa shape index (κ2) is 9.60. The van der Waals surface area contributed by atoms with Crippen molar-refractivity contribution in [3.8, 4) is 11.5 Å². The van der Waals surface area contributed by atoms with Crippen LogP contribution >= 0.6 is 0 Å². The van der Waals surface area contributed by atoms with Gasteiger partial charge in [0.2, 0.25) is 0 Å². The van der Waals surface area contributed by atoms with E-state index >= 15 is 0 Å². The van der Waals surface area contributed by atoms with Gasteiger partial charge in [-0.05, 0) is 62.2 Å². The molecule has 28 heavy (non-hydrogen) atoms. The van der Waals surface area contributed by atoms with Crippen molar-refractivity contribution in [2.24, 2.45) is 0 Å². The van der Waals surface area contributed by atoms with Crippen molar-refractivity contribution in [2.75, 3.05) is 24.3 Å². The van der Waals surface area contributed by atoms with E-state index in [-0.39, 0.29) is 6.10 Å². The monoisotopic (exact) mass is 378 g/mol. The fourth-order valence-corrected chi connectivity index (χ4v) is 2.72. The normalized spacial score (nSPS) is 10.6. The first-order valence-electron chi connectivity index (χ1n) is 9.35. The molecular formula is C22H26N4O2. The van der Waals surface area contributed by atoms with Gasteiger partial charge >= 0.3 is 0 Å². The largest absolute Gasteiger partial charge is 0.497 e. The van der Waals surface area contributed by atoms with Crippen LogP contribution in [0.25, 0.3) is 0 Å². The number of nitrogens with one attached hydrogen (secondary N) is 2. The van der Waals surface area contributed by atoms with Crippen molar-refractivity contribution in [3.63, 3.8) is 0 Å². The highest BCUT2D eigenvalue weighted by atomic mass is 16.5. The zero-order chi connectivity index (χ0) is 19.8. The molecule has 6 nitrogen and oxygen atoms in total. The standard InChI is InChI=1S/C22H26N4O2/c1-16(2)28-19-9-7-18(8-10-19)26-22-14-21(24-15-25-22)23-12-11-17-5-4-6-20(13-17)27-3/h4-10,13-16H,11-12H2,1-3H3,(H2,23,24,25,26). The summed E-state index contributed by atoms with van der Waals surface area (Å²) < 4.78 is 10.9. The SMILES string of the molecule is COc1cccc(CCNc2cc(Nc3ccc(OC(C)C)cc3)ncn2)c1. The number of hydrogen-bond donors (Lipinski definition) is 2. The highest BCUT2D eigenvalue weighted by molar-refractivity contribution is 5.59. The molecule has 0 aliphatic carbocycles. The van der Waals surface area contributed by atoms with Crippen LogP contribution in [0, 0.1) is 0 Å². The number of aromatic nitrogens is 2. The Balaban J connectivity index is 1.54. The number of benzene rings is 2. The number of ether oxygens (including phenoxy) is 2. The molecule has 0 amide bonds. The van der Waals surface area contributed by atoms with E-state index in [4.69, 9.17) is 9.47 Å². The van der Waals surface area contributed by atoms with Gasteiger partial charge in [0, 0.05) is 18.3 Å². The van der Waals surface area contributed by atoms with Gasteiger partial charge in [-0.3, -0.25) is 0 Å². The van der Waals surface area contributed by atoms with Crippen molar-refractivity contribution in [3.05, 3.63) is 66.5 Å². The molecule has 3 rings (SSSR count). The van der Waals surface area contributed by atoms with Crippen LogP contribution in [0.15, 0.2) is 60.9 Å². The number of rotatable bonds is 9. The van der Waals surface area contributed by atoms with E-state index in [2.05, 4.69) is 26.7 Å². The zero-order valence-electron chi connectivity index (χ0n) is 16.5. The molecule has 0 saturated heterocycles. The summed E-state index contributed by atoms with van der Waals surface area (Å²) in [5, 5.41) is 6.62. The molecule has 6 heteroatoms. The topological polar surface area (TPSA) is 68.3 Å². The summed E-state index contributed by atoms with van der Waals surface area (Å²) in [6, 6.07) is 17.8.